The van der Waals surface area contributed by atoms with E-state index in [1.165, 1.54) is 0 Å². The van der Waals surface area contributed by atoms with E-state index in [-0.39, 0.29) is 17.7 Å². The number of aromatic nitrogens is 2. The average molecular weight is 277 g/mol. The van der Waals surface area contributed by atoms with Crippen LogP contribution in [0, 0.1) is 0 Å². The SMILES string of the molecule is CCC1(c2nc(CCC(F)(F)F)no2)CCNCC1. The maximum absolute atomic E-state index is 12.1. The molecule has 0 aromatic carbocycles. The second-order valence-corrected chi connectivity index (χ2v) is 5.01. The topological polar surface area (TPSA) is 51.0 Å². The molecule has 108 valence electrons. The lowest BCUT2D eigenvalue weighted by Gasteiger charge is -2.33. The summed E-state index contributed by atoms with van der Waals surface area (Å²) in [5.74, 6) is 0.646. The molecule has 0 spiro atoms. The van der Waals surface area contributed by atoms with E-state index in [0.717, 1.165) is 32.4 Å². The molecule has 7 heteroatoms. The number of nitrogens with zero attached hydrogens (tertiary/aromatic N) is 2. The van der Waals surface area contributed by atoms with Gasteiger partial charge < -0.3 is 9.84 Å². The Morgan fingerprint density at radius 1 is 1.32 bits per heavy atom. The average Bonchev–Trinajstić information content (AvgIpc) is 2.86. The third kappa shape index (κ3) is 3.46. The van der Waals surface area contributed by atoms with Crippen molar-refractivity contribution in [2.24, 2.45) is 0 Å². The first-order chi connectivity index (χ1) is 8.95. The van der Waals surface area contributed by atoms with Crippen LogP contribution >= 0.6 is 0 Å². The Hall–Kier alpha value is -1.11. The first-order valence-corrected chi connectivity index (χ1v) is 6.56. The summed E-state index contributed by atoms with van der Waals surface area (Å²) in [5.41, 5.74) is -0.172. The predicted molar refractivity (Wildman–Crippen MR) is 62.7 cm³/mol. The maximum atomic E-state index is 12.1. The number of piperidine rings is 1. The first-order valence-electron chi connectivity index (χ1n) is 6.56. The number of aryl methyl sites for hydroxylation is 1. The number of alkyl halides is 3. The van der Waals surface area contributed by atoms with Gasteiger partial charge in [-0.25, -0.2) is 0 Å². The zero-order chi connectivity index (χ0) is 13.9. The summed E-state index contributed by atoms with van der Waals surface area (Å²) in [6.07, 6.45) is -2.69. The molecule has 1 fully saturated rings. The van der Waals surface area contributed by atoms with Gasteiger partial charge in [-0.1, -0.05) is 12.1 Å². The number of hydrogen-bond acceptors (Lipinski definition) is 4. The second-order valence-electron chi connectivity index (χ2n) is 5.01. The largest absolute Gasteiger partial charge is 0.389 e. The minimum Gasteiger partial charge on any atom is -0.339 e. The molecule has 19 heavy (non-hydrogen) atoms. The van der Waals surface area contributed by atoms with Gasteiger partial charge in [-0.05, 0) is 32.4 Å². The molecule has 0 radical (unpaired) electrons. The van der Waals surface area contributed by atoms with Gasteiger partial charge >= 0.3 is 6.18 Å². The highest BCUT2D eigenvalue weighted by Crippen LogP contribution is 2.35. The fourth-order valence-corrected chi connectivity index (χ4v) is 2.45. The lowest BCUT2D eigenvalue weighted by molar-refractivity contribution is -0.134. The third-order valence-corrected chi connectivity index (χ3v) is 3.79. The van der Waals surface area contributed by atoms with Crippen molar-refractivity contribution in [1.82, 2.24) is 15.5 Å². The van der Waals surface area contributed by atoms with Crippen LogP contribution in [0.5, 0.6) is 0 Å². The molecule has 0 unspecified atom stereocenters. The van der Waals surface area contributed by atoms with Gasteiger partial charge in [0, 0.05) is 6.42 Å². The van der Waals surface area contributed by atoms with Crippen LogP contribution in [0.3, 0.4) is 0 Å². The highest BCUT2D eigenvalue weighted by Gasteiger charge is 2.37. The molecule has 1 aliphatic rings. The van der Waals surface area contributed by atoms with E-state index in [0.29, 0.717) is 5.89 Å². The van der Waals surface area contributed by atoms with Gasteiger partial charge in [0.05, 0.1) is 11.8 Å². The standard InChI is InChI=1S/C12H18F3N3O/c1-2-11(5-7-16-8-6-11)10-17-9(18-19-10)3-4-12(13,14)15/h16H,2-8H2,1H3. The van der Waals surface area contributed by atoms with Gasteiger partial charge in [-0.15, -0.1) is 0 Å². The first kappa shape index (κ1) is 14.3. The Kier molecular flexibility index (Phi) is 4.13. The summed E-state index contributed by atoms with van der Waals surface area (Å²) in [4.78, 5) is 4.17. The van der Waals surface area contributed by atoms with E-state index < -0.39 is 12.6 Å². The van der Waals surface area contributed by atoms with Crippen molar-refractivity contribution in [1.29, 1.82) is 0 Å². The summed E-state index contributed by atoms with van der Waals surface area (Å²) < 4.78 is 41.7. The van der Waals surface area contributed by atoms with E-state index >= 15 is 0 Å². The molecule has 0 amide bonds. The van der Waals surface area contributed by atoms with E-state index in [4.69, 9.17) is 4.52 Å². The molecule has 1 aromatic rings. The molecule has 2 rings (SSSR count). The summed E-state index contributed by atoms with van der Waals surface area (Å²) in [6, 6.07) is 0. The van der Waals surface area contributed by atoms with Crippen LogP contribution in [0.15, 0.2) is 4.52 Å². The molecule has 0 aliphatic carbocycles. The van der Waals surface area contributed by atoms with Crippen LogP contribution < -0.4 is 5.32 Å². The van der Waals surface area contributed by atoms with Gasteiger partial charge in [0.25, 0.3) is 0 Å². The monoisotopic (exact) mass is 277 g/mol. The Bertz CT molecular complexity index is 411. The Balaban J connectivity index is 2.06. The molecule has 1 saturated heterocycles. The van der Waals surface area contributed by atoms with Crippen molar-refractivity contribution in [3.63, 3.8) is 0 Å². The van der Waals surface area contributed by atoms with Crippen molar-refractivity contribution in [2.75, 3.05) is 13.1 Å². The normalized spacial score (nSPS) is 19.6. The van der Waals surface area contributed by atoms with Crippen molar-refractivity contribution in [3.05, 3.63) is 11.7 Å². The Labute approximate surface area is 109 Å². The van der Waals surface area contributed by atoms with Gasteiger partial charge in [0.2, 0.25) is 5.89 Å². The molecule has 1 aromatic heterocycles. The summed E-state index contributed by atoms with van der Waals surface area (Å²) >= 11 is 0. The number of halogens is 3. The Morgan fingerprint density at radius 3 is 2.58 bits per heavy atom. The van der Waals surface area contributed by atoms with Crippen LogP contribution in [-0.2, 0) is 11.8 Å². The lowest BCUT2D eigenvalue weighted by atomic mass is 9.76. The minimum atomic E-state index is -4.18. The predicted octanol–water partition coefficient (Wildman–Crippen LogP) is 2.60. The minimum absolute atomic E-state index is 0.152. The molecule has 0 atom stereocenters. The molecule has 1 N–H and O–H groups in total. The molecular formula is C12H18F3N3O. The maximum Gasteiger partial charge on any atom is 0.389 e. The van der Waals surface area contributed by atoms with Gasteiger partial charge in [0.1, 0.15) is 0 Å². The van der Waals surface area contributed by atoms with E-state index in [1.807, 2.05) is 6.92 Å². The smallest absolute Gasteiger partial charge is 0.339 e. The molecule has 0 bridgehead atoms. The van der Waals surface area contributed by atoms with Crippen LogP contribution in [0.25, 0.3) is 0 Å². The van der Waals surface area contributed by atoms with E-state index in [2.05, 4.69) is 15.5 Å². The fraction of sp³-hybridized carbons (Fsp3) is 0.833. The highest BCUT2D eigenvalue weighted by molar-refractivity contribution is 5.07. The third-order valence-electron chi connectivity index (χ3n) is 3.79. The van der Waals surface area contributed by atoms with Crippen LogP contribution in [-0.4, -0.2) is 29.4 Å². The lowest BCUT2D eigenvalue weighted by Crippen LogP contribution is -2.39. The Morgan fingerprint density at radius 2 is 2.00 bits per heavy atom. The second kappa shape index (κ2) is 5.48. The van der Waals surface area contributed by atoms with Crippen molar-refractivity contribution in [3.8, 4) is 0 Å². The summed E-state index contributed by atoms with van der Waals surface area (Å²) in [5, 5.41) is 6.94. The molecule has 4 nitrogen and oxygen atoms in total. The molecular weight excluding hydrogens is 259 g/mol. The quantitative estimate of drug-likeness (QED) is 0.919. The highest BCUT2D eigenvalue weighted by atomic mass is 19.4. The molecule has 1 aliphatic heterocycles. The van der Waals surface area contributed by atoms with Gasteiger partial charge in [-0.2, -0.15) is 18.2 Å². The van der Waals surface area contributed by atoms with Crippen LogP contribution in [0.2, 0.25) is 0 Å². The van der Waals surface area contributed by atoms with Gasteiger partial charge in [-0.3, -0.25) is 0 Å². The summed E-state index contributed by atoms with van der Waals surface area (Å²) in [6.45, 7) is 3.78. The van der Waals surface area contributed by atoms with E-state index in [1.54, 1.807) is 0 Å². The van der Waals surface area contributed by atoms with Crippen LogP contribution in [0.4, 0.5) is 13.2 Å². The van der Waals surface area contributed by atoms with Crippen LogP contribution in [0.1, 0.15) is 44.3 Å². The van der Waals surface area contributed by atoms with Gasteiger partial charge in [0.15, 0.2) is 5.82 Å². The number of hydrogen-bond donors (Lipinski definition) is 1. The number of rotatable bonds is 4. The van der Waals surface area contributed by atoms with Crippen molar-refractivity contribution < 1.29 is 17.7 Å². The zero-order valence-corrected chi connectivity index (χ0v) is 10.9. The van der Waals surface area contributed by atoms with E-state index in [9.17, 15) is 13.2 Å². The molecule has 2 heterocycles. The number of nitrogens with one attached hydrogen (secondary N) is 1. The van der Waals surface area contributed by atoms with Crippen molar-refractivity contribution >= 4 is 0 Å². The fourth-order valence-electron chi connectivity index (χ4n) is 2.45. The van der Waals surface area contributed by atoms with Crippen molar-refractivity contribution in [2.45, 2.75) is 50.6 Å². The molecule has 0 saturated carbocycles. The summed E-state index contributed by atoms with van der Waals surface area (Å²) in [7, 11) is 0. The zero-order valence-electron chi connectivity index (χ0n) is 10.9.